The van der Waals surface area contributed by atoms with Gasteiger partial charge in [0.05, 0.1) is 19.5 Å². The summed E-state index contributed by atoms with van der Waals surface area (Å²) >= 11 is 0. The first kappa shape index (κ1) is 14.6. The van der Waals surface area contributed by atoms with Crippen LogP contribution in [0.3, 0.4) is 0 Å². The van der Waals surface area contributed by atoms with Gasteiger partial charge in [0.2, 0.25) is 0 Å². The van der Waals surface area contributed by atoms with Gasteiger partial charge in [0.1, 0.15) is 5.75 Å². The maximum absolute atomic E-state index is 10.2. The number of nitrogens with zero attached hydrogens (tertiary/aromatic N) is 2. The molecule has 0 aliphatic rings. The molecule has 0 aliphatic carbocycles. The van der Waals surface area contributed by atoms with E-state index in [-0.39, 0.29) is 6.04 Å². The molecular weight excluding hydrogens is 254 g/mol. The van der Waals surface area contributed by atoms with Crippen molar-refractivity contribution in [3.8, 4) is 5.75 Å². The van der Waals surface area contributed by atoms with Crippen molar-refractivity contribution < 1.29 is 9.84 Å². The Morgan fingerprint density at radius 1 is 1.45 bits per heavy atom. The summed E-state index contributed by atoms with van der Waals surface area (Å²) < 4.78 is 7.17. The number of nitrogens with one attached hydrogen (secondary N) is 1. The highest BCUT2D eigenvalue weighted by Crippen LogP contribution is 2.18. The SMILES string of the molecule is COc1cccc(C(O)CNC(C)Cn2ccnc2)c1. The van der Waals surface area contributed by atoms with Gasteiger partial charge in [-0.15, -0.1) is 0 Å². The quantitative estimate of drug-likeness (QED) is 0.806. The molecule has 1 heterocycles. The number of aromatic nitrogens is 2. The molecule has 2 atom stereocenters. The zero-order valence-electron chi connectivity index (χ0n) is 11.9. The topological polar surface area (TPSA) is 59.3 Å². The van der Waals surface area contributed by atoms with Crippen LogP contribution in [-0.2, 0) is 6.54 Å². The number of aliphatic hydroxyl groups excluding tert-OH is 1. The minimum absolute atomic E-state index is 0.254. The molecule has 2 unspecified atom stereocenters. The molecule has 0 saturated carbocycles. The summed E-state index contributed by atoms with van der Waals surface area (Å²) in [6.45, 7) is 3.41. The summed E-state index contributed by atoms with van der Waals surface area (Å²) in [4.78, 5) is 4.01. The second kappa shape index (κ2) is 7.07. The Balaban J connectivity index is 1.83. The van der Waals surface area contributed by atoms with E-state index in [9.17, 15) is 5.11 Å². The van der Waals surface area contributed by atoms with Crippen LogP contribution in [0.2, 0.25) is 0 Å². The van der Waals surface area contributed by atoms with Crippen LogP contribution >= 0.6 is 0 Å². The number of hydrogen-bond acceptors (Lipinski definition) is 4. The normalized spacial score (nSPS) is 13.9. The highest BCUT2D eigenvalue weighted by molar-refractivity contribution is 5.29. The van der Waals surface area contributed by atoms with Gasteiger partial charge in [-0.25, -0.2) is 4.98 Å². The molecule has 108 valence electrons. The smallest absolute Gasteiger partial charge is 0.119 e. The van der Waals surface area contributed by atoms with E-state index in [1.54, 1.807) is 19.6 Å². The maximum Gasteiger partial charge on any atom is 0.119 e. The van der Waals surface area contributed by atoms with E-state index >= 15 is 0 Å². The lowest BCUT2D eigenvalue weighted by molar-refractivity contribution is 0.169. The van der Waals surface area contributed by atoms with Gasteiger partial charge in [-0.1, -0.05) is 12.1 Å². The number of rotatable bonds is 7. The fourth-order valence-electron chi connectivity index (χ4n) is 2.05. The number of methoxy groups -OCH3 is 1. The molecule has 0 aliphatic heterocycles. The molecule has 0 bridgehead atoms. The van der Waals surface area contributed by atoms with Gasteiger partial charge in [0.15, 0.2) is 0 Å². The van der Waals surface area contributed by atoms with Gasteiger partial charge in [-0.05, 0) is 24.6 Å². The molecule has 1 aromatic carbocycles. The summed E-state index contributed by atoms with van der Waals surface area (Å²) in [5, 5.41) is 13.5. The Labute approximate surface area is 119 Å². The van der Waals surface area contributed by atoms with Crippen LogP contribution in [-0.4, -0.2) is 34.4 Å². The first-order valence-electron chi connectivity index (χ1n) is 6.70. The molecule has 2 aromatic rings. The molecule has 1 aromatic heterocycles. The fraction of sp³-hybridized carbons (Fsp3) is 0.400. The van der Waals surface area contributed by atoms with E-state index in [1.807, 2.05) is 35.0 Å². The lowest BCUT2D eigenvalue weighted by Gasteiger charge is -2.18. The van der Waals surface area contributed by atoms with Crippen molar-refractivity contribution in [3.05, 3.63) is 48.5 Å². The minimum Gasteiger partial charge on any atom is -0.497 e. The Morgan fingerprint density at radius 3 is 3.00 bits per heavy atom. The zero-order chi connectivity index (χ0) is 14.4. The van der Waals surface area contributed by atoms with E-state index in [0.717, 1.165) is 17.9 Å². The van der Waals surface area contributed by atoms with E-state index < -0.39 is 6.10 Å². The average Bonchev–Trinajstić information content (AvgIpc) is 2.97. The van der Waals surface area contributed by atoms with E-state index in [2.05, 4.69) is 17.2 Å². The van der Waals surface area contributed by atoms with Crippen molar-refractivity contribution in [3.63, 3.8) is 0 Å². The van der Waals surface area contributed by atoms with Gasteiger partial charge in [0, 0.05) is 31.5 Å². The van der Waals surface area contributed by atoms with Crippen molar-refractivity contribution >= 4 is 0 Å². The van der Waals surface area contributed by atoms with Crippen molar-refractivity contribution in [2.24, 2.45) is 0 Å². The number of hydrogen-bond donors (Lipinski definition) is 2. The van der Waals surface area contributed by atoms with Crippen LogP contribution in [0.4, 0.5) is 0 Å². The van der Waals surface area contributed by atoms with Gasteiger partial charge in [-0.3, -0.25) is 0 Å². The largest absolute Gasteiger partial charge is 0.497 e. The predicted molar refractivity (Wildman–Crippen MR) is 77.6 cm³/mol. The lowest BCUT2D eigenvalue weighted by Crippen LogP contribution is -2.33. The van der Waals surface area contributed by atoms with Gasteiger partial charge >= 0.3 is 0 Å². The number of benzene rings is 1. The average molecular weight is 275 g/mol. The van der Waals surface area contributed by atoms with Crippen LogP contribution in [0.5, 0.6) is 5.75 Å². The first-order valence-corrected chi connectivity index (χ1v) is 6.70. The second-order valence-electron chi connectivity index (χ2n) is 4.86. The van der Waals surface area contributed by atoms with Crippen molar-refractivity contribution in [1.29, 1.82) is 0 Å². The molecule has 5 nitrogen and oxygen atoms in total. The van der Waals surface area contributed by atoms with Gasteiger partial charge in [0.25, 0.3) is 0 Å². The van der Waals surface area contributed by atoms with E-state index in [4.69, 9.17) is 4.74 Å². The standard InChI is InChI=1S/C15H21N3O2/c1-12(10-18-7-6-16-11-18)17-9-15(19)13-4-3-5-14(8-13)20-2/h3-8,11-12,15,17,19H,9-10H2,1-2H3. The minimum atomic E-state index is -0.546. The second-order valence-corrected chi connectivity index (χ2v) is 4.86. The van der Waals surface area contributed by atoms with Gasteiger partial charge in [-0.2, -0.15) is 0 Å². The van der Waals surface area contributed by atoms with Gasteiger partial charge < -0.3 is 19.7 Å². The van der Waals surface area contributed by atoms with Crippen molar-refractivity contribution in [2.75, 3.05) is 13.7 Å². The molecule has 0 fully saturated rings. The monoisotopic (exact) mass is 275 g/mol. The van der Waals surface area contributed by atoms with E-state index in [0.29, 0.717) is 6.54 Å². The van der Waals surface area contributed by atoms with E-state index in [1.165, 1.54) is 0 Å². The lowest BCUT2D eigenvalue weighted by atomic mass is 10.1. The molecule has 2 N–H and O–H groups in total. The molecular formula is C15H21N3O2. The third kappa shape index (κ3) is 4.08. The third-order valence-electron chi connectivity index (χ3n) is 3.18. The summed E-state index contributed by atoms with van der Waals surface area (Å²) in [6, 6.07) is 7.75. The third-order valence-corrected chi connectivity index (χ3v) is 3.18. The highest BCUT2D eigenvalue weighted by Gasteiger charge is 2.10. The van der Waals surface area contributed by atoms with Crippen LogP contribution in [0.15, 0.2) is 43.0 Å². The summed E-state index contributed by atoms with van der Waals surface area (Å²) in [5.41, 5.74) is 0.853. The number of aliphatic hydroxyl groups is 1. The Kier molecular flexibility index (Phi) is 5.15. The zero-order valence-corrected chi connectivity index (χ0v) is 11.9. The van der Waals surface area contributed by atoms with Crippen LogP contribution in [0, 0.1) is 0 Å². The summed E-state index contributed by atoms with van der Waals surface area (Å²) in [6.07, 6.45) is 4.93. The summed E-state index contributed by atoms with van der Waals surface area (Å²) in [5.74, 6) is 0.757. The number of imidazole rings is 1. The molecule has 5 heteroatoms. The molecule has 2 rings (SSSR count). The predicted octanol–water partition coefficient (Wildman–Crippen LogP) is 1.60. The Hall–Kier alpha value is -1.85. The van der Waals surface area contributed by atoms with Crippen molar-refractivity contribution in [2.45, 2.75) is 25.6 Å². The Bertz CT molecular complexity index is 514. The molecule has 0 amide bonds. The molecule has 0 spiro atoms. The summed E-state index contributed by atoms with van der Waals surface area (Å²) in [7, 11) is 1.62. The Morgan fingerprint density at radius 2 is 2.30 bits per heavy atom. The first-order chi connectivity index (χ1) is 9.69. The maximum atomic E-state index is 10.2. The number of ether oxygens (including phenoxy) is 1. The van der Waals surface area contributed by atoms with Crippen LogP contribution in [0.1, 0.15) is 18.6 Å². The fourth-order valence-corrected chi connectivity index (χ4v) is 2.05. The highest BCUT2D eigenvalue weighted by atomic mass is 16.5. The molecule has 20 heavy (non-hydrogen) atoms. The van der Waals surface area contributed by atoms with Crippen LogP contribution < -0.4 is 10.1 Å². The van der Waals surface area contributed by atoms with Crippen molar-refractivity contribution in [1.82, 2.24) is 14.9 Å². The molecule has 0 radical (unpaired) electrons. The molecule has 0 saturated heterocycles. The van der Waals surface area contributed by atoms with Crippen LogP contribution in [0.25, 0.3) is 0 Å².